The summed E-state index contributed by atoms with van der Waals surface area (Å²) in [5, 5.41) is 21.9. The number of para-hydroxylation sites is 1. The summed E-state index contributed by atoms with van der Waals surface area (Å²) in [5.41, 5.74) is 0.635. The lowest BCUT2D eigenvalue weighted by atomic mass is 10.3. The molecule has 0 amide bonds. The van der Waals surface area contributed by atoms with Gasteiger partial charge in [-0.15, -0.1) is 0 Å². The third-order valence-electron chi connectivity index (χ3n) is 3.16. The van der Waals surface area contributed by atoms with E-state index >= 15 is 0 Å². The van der Waals surface area contributed by atoms with E-state index in [1.807, 2.05) is 6.07 Å². The van der Waals surface area contributed by atoms with E-state index in [1.54, 1.807) is 25.1 Å². The number of hydrogen-bond donors (Lipinski definition) is 4. The van der Waals surface area contributed by atoms with Crippen molar-refractivity contribution >= 4 is 33.3 Å². The molecule has 26 heavy (non-hydrogen) atoms. The van der Waals surface area contributed by atoms with Gasteiger partial charge in [-0.3, -0.25) is 4.99 Å². The van der Waals surface area contributed by atoms with Crippen molar-refractivity contribution in [3.63, 3.8) is 0 Å². The van der Waals surface area contributed by atoms with E-state index in [-0.39, 0.29) is 5.75 Å². The maximum absolute atomic E-state index is 11.9. The van der Waals surface area contributed by atoms with Crippen LogP contribution in [-0.4, -0.2) is 61.8 Å². The lowest BCUT2D eigenvalue weighted by Crippen LogP contribution is -2.26. The smallest absolute Gasteiger partial charge is 0.328 e. The Balaban J connectivity index is 0.000000359. The summed E-state index contributed by atoms with van der Waals surface area (Å²) in [7, 11) is -3.20. The number of sulfone groups is 1. The second-order valence-electron chi connectivity index (χ2n) is 5.02. The van der Waals surface area contributed by atoms with Crippen molar-refractivity contribution in [2.24, 2.45) is 4.99 Å². The minimum Gasteiger partial charge on any atom is -0.478 e. The molecule has 142 valence electrons. The molecule has 4 N–H and O–H groups in total. The summed E-state index contributed by atoms with van der Waals surface area (Å²) in [5.74, 6) is -1.54. The number of rotatable bonds is 7. The molecule has 9 nitrogen and oxygen atoms in total. The van der Waals surface area contributed by atoms with Gasteiger partial charge in [0.2, 0.25) is 0 Å². The average Bonchev–Trinajstić information content (AvgIpc) is 3.12. The molecule has 10 heteroatoms. The van der Waals surface area contributed by atoms with Gasteiger partial charge >= 0.3 is 11.9 Å². The van der Waals surface area contributed by atoms with Crippen LogP contribution in [0.1, 0.15) is 6.92 Å². The molecule has 0 aliphatic carbocycles. The van der Waals surface area contributed by atoms with E-state index in [4.69, 9.17) is 10.2 Å². The monoisotopic (exact) mass is 383 g/mol. The topological polar surface area (TPSA) is 145 Å². The number of anilines is 1. The molecule has 0 aromatic heterocycles. The summed E-state index contributed by atoms with van der Waals surface area (Å²) in [6.45, 7) is 3.81. The number of benzene rings is 1. The maximum atomic E-state index is 11.9. The highest BCUT2D eigenvalue weighted by Crippen LogP contribution is 2.21. The fraction of sp³-hybridized carbons (Fsp3) is 0.312. The fourth-order valence-corrected chi connectivity index (χ4v) is 3.00. The Kier molecular flexibility index (Phi) is 8.29. The van der Waals surface area contributed by atoms with Crippen molar-refractivity contribution in [1.29, 1.82) is 0 Å². The molecule has 1 aromatic rings. The second kappa shape index (κ2) is 10.2. The zero-order valence-electron chi connectivity index (χ0n) is 14.2. The number of aliphatic carboxylic acids is 2. The van der Waals surface area contributed by atoms with Gasteiger partial charge in [-0.1, -0.05) is 19.1 Å². The number of carbonyl (C=O) groups is 2. The number of aliphatic imine (C=N–C) groups is 1. The molecule has 0 saturated heterocycles. The number of nitrogens with zero attached hydrogens (tertiary/aromatic N) is 1. The normalized spacial score (nSPS) is 13.3. The summed E-state index contributed by atoms with van der Waals surface area (Å²) >= 11 is 0. The van der Waals surface area contributed by atoms with E-state index in [0.717, 1.165) is 18.9 Å². The van der Waals surface area contributed by atoms with Crippen LogP contribution in [0.5, 0.6) is 0 Å². The molecular formula is C16H21N3O6S. The van der Waals surface area contributed by atoms with Gasteiger partial charge in [-0.25, -0.2) is 18.0 Å². The van der Waals surface area contributed by atoms with Crippen LogP contribution in [0.4, 0.5) is 5.69 Å². The molecule has 0 atom stereocenters. The minimum atomic E-state index is -3.20. The number of carboxylic acid groups (broad SMARTS) is 2. The van der Waals surface area contributed by atoms with Crippen LogP contribution in [0.3, 0.4) is 0 Å². The van der Waals surface area contributed by atoms with Crippen LogP contribution >= 0.6 is 0 Å². The Bertz CT molecular complexity index is 786. The van der Waals surface area contributed by atoms with E-state index in [9.17, 15) is 18.0 Å². The highest BCUT2D eigenvalue weighted by molar-refractivity contribution is 7.91. The highest BCUT2D eigenvalue weighted by Gasteiger charge is 2.16. The maximum Gasteiger partial charge on any atom is 0.328 e. The standard InChI is InChI=1S/C12H17N3O2S.C4H4O4/c1-2-18(16,17)11-6-4-3-5-10(11)15-9-12-13-7-8-14-12;5-3(6)1-2-4(7)8/h3-6,15H,2,7-9H2,1H3,(H,13,14);1-2H,(H,5,6)(H,7,8)/b;2-1+. The molecule has 1 aliphatic heterocycles. The van der Waals surface area contributed by atoms with Crippen molar-refractivity contribution in [2.75, 3.05) is 30.7 Å². The summed E-state index contributed by atoms with van der Waals surface area (Å²) in [6.07, 6.45) is 1.12. The van der Waals surface area contributed by atoms with Crippen LogP contribution in [0.2, 0.25) is 0 Å². The SMILES string of the molecule is CCS(=O)(=O)c1ccccc1NCC1=NCCN1.O=C(O)/C=C/C(=O)O. The molecule has 0 spiro atoms. The molecule has 0 fully saturated rings. The summed E-state index contributed by atoms with van der Waals surface area (Å²) < 4.78 is 23.9. The molecule has 0 saturated carbocycles. The first-order valence-electron chi connectivity index (χ1n) is 7.73. The first-order valence-corrected chi connectivity index (χ1v) is 9.38. The van der Waals surface area contributed by atoms with Crippen LogP contribution in [0.25, 0.3) is 0 Å². The largest absolute Gasteiger partial charge is 0.478 e. The molecular weight excluding hydrogens is 362 g/mol. The van der Waals surface area contributed by atoms with Crippen molar-refractivity contribution < 1.29 is 28.2 Å². The second-order valence-corrected chi connectivity index (χ2v) is 7.26. The van der Waals surface area contributed by atoms with Crippen molar-refractivity contribution in [3.8, 4) is 0 Å². The molecule has 2 rings (SSSR count). The quantitative estimate of drug-likeness (QED) is 0.501. The number of hydrogen-bond acceptors (Lipinski definition) is 7. The van der Waals surface area contributed by atoms with Crippen LogP contribution in [0.15, 0.2) is 46.3 Å². The van der Waals surface area contributed by atoms with E-state index in [0.29, 0.717) is 29.3 Å². The zero-order valence-corrected chi connectivity index (χ0v) is 15.0. The van der Waals surface area contributed by atoms with Crippen molar-refractivity contribution in [2.45, 2.75) is 11.8 Å². The lowest BCUT2D eigenvalue weighted by molar-refractivity contribution is -0.134. The van der Waals surface area contributed by atoms with Gasteiger partial charge < -0.3 is 20.8 Å². The van der Waals surface area contributed by atoms with Crippen molar-refractivity contribution in [1.82, 2.24) is 5.32 Å². The number of nitrogens with one attached hydrogen (secondary N) is 2. The van der Waals surface area contributed by atoms with Gasteiger partial charge in [0.25, 0.3) is 0 Å². The average molecular weight is 383 g/mol. The van der Waals surface area contributed by atoms with Gasteiger partial charge in [0.15, 0.2) is 9.84 Å². The molecule has 0 radical (unpaired) electrons. The predicted molar refractivity (Wildman–Crippen MR) is 97.4 cm³/mol. The third kappa shape index (κ3) is 7.34. The highest BCUT2D eigenvalue weighted by atomic mass is 32.2. The third-order valence-corrected chi connectivity index (χ3v) is 4.95. The van der Waals surface area contributed by atoms with Gasteiger partial charge in [-0.05, 0) is 12.1 Å². The molecule has 0 unspecified atom stereocenters. The Hall–Kier alpha value is -2.88. The Morgan fingerprint density at radius 1 is 1.23 bits per heavy atom. The van der Waals surface area contributed by atoms with E-state index < -0.39 is 21.8 Å². The van der Waals surface area contributed by atoms with Crippen LogP contribution in [-0.2, 0) is 19.4 Å². The van der Waals surface area contributed by atoms with Crippen LogP contribution in [0, 0.1) is 0 Å². The Morgan fingerprint density at radius 3 is 2.35 bits per heavy atom. The Morgan fingerprint density at radius 2 is 1.85 bits per heavy atom. The summed E-state index contributed by atoms with van der Waals surface area (Å²) in [4.78, 5) is 23.7. The van der Waals surface area contributed by atoms with E-state index in [1.165, 1.54) is 0 Å². The van der Waals surface area contributed by atoms with Crippen LogP contribution < -0.4 is 10.6 Å². The molecule has 1 aromatic carbocycles. The van der Waals surface area contributed by atoms with Gasteiger partial charge in [0.1, 0.15) is 5.84 Å². The van der Waals surface area contributed by atoms with E-state index in [2.05, 4.69) is 15.6 Å². The van der Waals surface area contributed by atoms with Gasteiger partial charge in [0.05, 0.1) is 29.4 Å². The molecule has 1 heterocycles. The predicted octanol–water partition coefficient (Wildman–Crippen LogP) is 0.606. The van der Waals surface area contributed by atoms with Gasteiger partial charge in [-0.2, -0.15) is 0 Å². The fourth-order valence-electron chi connectivity index (χ4n) is 1.93. The van der Waals surface area contributed by atoms with Gasteiger partial charge in [0, 0.05) is 18.7 Å². The lowest BCUT2D eigenvalue weighted by Gasteiger charge is -2.11. The molecule has 1 aliphatic rings. The zero-order chi connectivity index (χ0) is 19.6. The Labute approximate surface area is 151 Å². The number of carboxylic acids is 2. The number of amidine groups is 1. The molecule has 0 bridgehead atoms. The minimum absolute atomic E-state index is 0.102. The summed E-state index contributed by atoms with van der Waals surface area (Å²) in [6, 6.07) is 6.96. The van der Waals surface area contributed by atoms with Crippen molar-refractivity contribution in [3.05, 3.63) is 36.4 Å². The first kappa shape index (κ1) is 21.2. The first-order chi connectivity index (χ1) is 12.3.